The molecule has 0 spiro atoms. The third-order valence-corrected chi connectivity index (χ3v) is 2.94. The molecule has 0 atom stereocenters. The highest BCUT2D eigenvalue weighted by atomic mass is 19.1. The maximum absolute atomic E-state index is 12.8. The molecule has 1 N–H and O–H groups in total. The van der Waals surface area contributed by atoms with E-state index >= 15 is 0 Å². The van der Waals surface area contributed by atoms with E-state index in [4.69, 9.17) is 0 Å². The molecular formula is C16H13FO3. The number of aromatic hydroxyl groups is 1. The second-order valence-electron chi connectivity index (χ2n) is 4.55. The molecule has 0 heterocycles. The van der Waals surface area contributed by atoms with Crippen molar-refractivity contribution >= 4 is 11.6 Å². The number of carbonyl (C=O) groups excluding carboxylic acids is 2. The molecule has 0 aliphatic carbocycles. The molecule has 0 saturated heterocycles. The number of phenols is 1. The van der Waals surface area contributed by atoms with Gasteiger partial charge in [0.2, 0.25) is 0 Å². The number of phenolic OH excluding ortho intramolecular Hbond substituents is 1. The average molecular weight is 272 g/mol. The van der Waals surface area contributed by atoms with Crippen LogP contribution in [0.5, 0.6) is 5.75 Å². The van der Waals surface area contributed by atoms with Gasteiger partial charge in [0.05, 0.1) is 12.0 Å². The standard InChI is InChI=1S/C16H13FO3/c1-10-2-7-13(15(19)8-10)16(20)9-14(18)11-3-5-12(17)6-4-11/h2-8,19H,9H2,1H3. The van der Waals surface area contributed by atoms with Crippen molar-refractivity contribution in [2.75, 3.05) is 0 Å². The molecule has 0 aliphatic heterocycles. The van der Waals surface area contributed by atoms with Crippen LogP contribution in [0.1, 0.15) is 32.7 Å². The fraction of sp³-hybridized carbons (Fsp3) is 0.125. The van der Waals surface area contributed by atoms with Crippen LogP contribution < -0.4 is 0 Å². The molecule has 0 amide bonds. The number of rotatable bonds is 4. The Morgan fingerprint density at radius 3 is 2.30 bits per heavy atom. The van der Waals surface area contributed by atoms with E-state index < -0.39 is 17.4 Å². The van der Waals surface area contributed by atoms with Crippen molar-refractivity contribution < 1.29 is 19.1 Å². The maximum Gasteiger partial charge on any atom is 0.174 e. The molecule has 0 fully saturated rings. The van der Waals surface area contributed by atoms with Crippen molar-refractivity contribution in [3.05, 3.63) is 65.0 Å². The Balaban J connectivity index is 2.15. The van der Waals surface area contributed by atoms with Crippen molar-refractivity contribution in [1.82, 2.24) is 0 Å². The second-order valence-corrected chi connectivity index (χ2v) is 4.55. The van der Waals surface area contributed by atoms with Gasteiger partial charge in [-0.25, -0.2) is 4.39 Å². The summed E-state index contributed by atoms with van der Waals surface area (Å²) >= 11 is 0. The van der Waals surface area contributed by atoms with Crippen LogP contribution in [-0.2, 0) is 0 Å². The van der Waals surface area contributed by atoms with Crippen LogP contribution in [0.25, 0.3) is 0 Å². The number of hydrogen-bond donors (Lipinski definition) is 1. The third kappa shape index (κ3) is 3.09. The number of aryl methyl sites for hydroxylation is 1. The molecule has 2 rings (SSSR count). The zero-order valence-electron chi connectivity index (χ0n) is 10.9. The Bertz CT molecular complexity index is 660. The van der Waals surface area contributed by atoms with Gasteiger partial charge in [0.1, 0.15) is 11.6 Å². The first-order chi connectivity index (χ1) is 9.47. The second kappa shape index (κ2) is 5.65. The van der Waals surface area contributed by atoms with Gasteiger partial charge in [-0.05, 0) is 48.9 Å². The summed E-state index contributed by atoms with van der Waals surface area (Å²) < 4.78 is 12.8. The molecule has 0 bridgehead atoms. The van der Waals surface area contributed by atoms with Crippen molar-refractivity contribution in [2.45, 2.75) is 13.3 Å². The van der Waals surface area contributed by atoms with Gasteiger partial charge in [-0.15, -0.1) is 0 Å². The molecule has 4 heteroatoms. The van der Waals surface area contributed by atoms with E-state index in [0.717, 1.165) is 5.56 Å². The van der Waals surface area contributed by atoms with E-state index in [1.807, 2.05) is 0 Å². The lowest BCUT2D eigenvalue weighted by Crippen LogP contribution is -2.09. The molecular weight excluding hydrogens is 259 g/mol. The van der Waals surface area contributed by atoms with E-state index in [2.05, 4.69) is 0 Å². The number of ketones is 2. The monoisotopic (exact) mass is 272 g/mol. The summed E-state index contributed by atoms with van der Waals surface area (Å²) in [7, 11) is 0. The van der Waals surface area contributed by atoms with Crippen LogP contribution in [0.3, 0.4) is 0 Å². The van der Waals surface area contributed by atoms with Crippen LogP contribution in [0.4, 0.5) is 4.39 Å². The SMILES string of the molecule is Cc1ccc(C(=O)CC(=O)c2ccc(F)cc2)c(O)c1. The molecule has 3 nitrogen and oxygen atoms in total. The van der Waals surface area contributed by atoms with Gasteiger partial charge in [-0.3, -0.25) is 9.59 Å². The summed E-state index contributed by atoms with van der Waals surface area (Å²) in [5, 5.41) is 9.70. The van der Waals surface area contributed by atoms with Crippen molar-refractivity contribution in [3.8, 4) is 5.75 Å². The van der Waals surface area contributed by atoms with Crippen LogP contribution in [0.15, 0.2) is 42.5 Å². The van der Waals surface area contributed by atoms with Gasteiger partial charge in [-0.2, -0.15) is 0 Å². The third-order valence-electron chi connectivity index (χ3n) is 2.94. The summed E-state index contributed by atoms with van der Waals surface area (Å²) in [6.07, 6.45) is -0.359. The molecule has 0 saturated carbocycles. The summed E-state index contributed by atoms with van der Waals surface area (Å²) in [5.41, 5.74) is 1.21. The summed E-state index contributed by atoms with van der Waals surface area (Å²) in [4.78, 5) is 23.9. The van der Waals surface area contributed by atoms with Crippen molar-refractivity contribution in [2.24, 2.45) is 0 Å². The van der Waals surface area contributed by atoms with E-state index in [1.54, 1.807) is 13.0 Å². The van der Waals surface area contributed by atoms with Crippen LogP contribution in [0, 0.1) is 12.7 Å². The lowest BCUT2D eigenvalue weighted by Gasteiger charge is -2.04. The Morgan fingerprint density at radius 1 is 1.05 bits per heavy atom. The largest absolute Gasteiger partial charge is 0.507 e. The van der Waals surface area contributed by atoms with Crippen molar-refractivity contribution in [3.63, 3.8) is 0 Å². The summed E-state index contributed by atoms with van der Waals surface area (Å²) in [6.45, 7) is 1.79. The number of benzene rings is 2. The highest BCUT2D eigenvalue weighted by Gasteiger charge is 2.16. The minimum Gasteiger partial charge on any atom is -0.507 e. The zero-order chi connectivity index (χ0) is 14.7. The van der Waals surface area contributed by atoms with Gasteiger partial charge >= 0.3 is 0 Å². The predicted molar refractivity (Wildman–Crippen MR) is 72.5 cm³/mol. The van der Waals surface area contributed by atoms with Gasteiger partial charge in [0, 0.05) is 5.56 Å². The van der Waals surface area contributed by atoms with Crippen LogP contribution >= 0.6 is 0 Å². The first-order valence-corrected chi connectivity index (χ1v) is 6.09. The molecule has 2 aromatic carbocycles. The van der Waals surface area contributed by atoms with Crippen LogP contribution in [-0.4, -0.2) is 16.7 Å². The van der Waals surface area contributed by atoms with Gasteiger partial charge in [0.15, 0.2) is 11.6 Å². The lowest BCUT2D eigenvalue weighted by atomic mass is 10.00. The maximum atomic E-state index is 12.8. The van der Waals surface area contributed by atoms with Gasteiger partial charge in [0.25, 0.3) is 0 Å². The molecule has 0 radical (unpaired) electrons. The number of hydrogen-bond acceptors (Lipinski definition) is 3. The molecule has 102 valence electrons. The number of Topliss-reactive ketones (excluding diaryl/α,β-unsaturated/α-hetero) is 2. The molecule has 0 unspecified atom stereocenters. The van der Waals surface area contributed by atoms with E-state index in [9.17, 15) is 19.1 Å². The quantitative estimate of drug-likeness (QED) is 0.686. The lowest BCUT2D eigenvalue weighted by molar-refractivity contribution is 0.0893. The van der Waals surface area contributed by atoms with Crippen molar-refractivity contribution in [1.29, 1.82) is 0 Å². The molecule has 2 aromatic rings. The molecule has 0 aliphatic rings. The smallest absolute Gasteiger partial charge is 0.174 e. The highest BCUT2D eigenvalue weighted by molar-refractivity contribution is 6.14. The predicted octanol–water partition coefficient (Wildman–Crippen LogP) is 3.30. The summed E-state index contributed by atoms with van der Waals surface area (Å²) in [5.74, 6) is -1.45. The summed E-state index contributed by atoms with van der Waals surface area (Å²) in [6, 6.07) is 9.65. The minimum atomic E-state index is -0.461. The van der Waals surface area contributed by atoms with E-state index in [0.29, 0.717) is 0 Å². The average Bonchev–Trinajstić information content (AvgIpc) is 2.39. The fourth-order valence-corrected chi connectivity index (χ4v) is 1.86. The topological polar surface area (TPSA) is 54.4 Å². The fourth-order valence-electron chi connectivity index (χ4n) is 1.86. The normalized spacial score (nSPS) is 10.3. The van der Waals surface area contributed by atoms with E-state index in [1.165, 1.54) is 36.4 Å². The van der Waals surface area contributed by atoms with E-state index in [-0.39, 0.29) is 23.3 Å². The number of carbonyl (C=O) groups is 2. The van der Waals surface area contributed by atoms with Crippen LogP contribution in [0.2, 0.25) is 0 Å². The Hall–Kier alpha value is -2.49. The van der Waals surface area contributed by atoms with Gasteiger partial charge < -0.3 is 5.11 Å². The highest BCUT2D eigenvalue weighted by Crippen LogP contribution is 2.20. The minimum absolute atomic E-state index is 0.117. The Morgan fingerprint density at radius 2 is 1.70 bits per heavy atom. The van der Waals surface area contributed by atoms with Gasteiger partial charge in [-0.1, -0.05) is 6.07 Å². The molecule has 20 heavy (non-hydrogen) atoms. The number of halogens is 1. The first-order valence-electron chi connectivity index (χ1n) is 6.09. The first kappa shape index (κ1) is 13.9. The Kier molecular flexibility index (Phi) is 3.94. The Labute approximate surface area is 115 Å². The zero-order valence-corrected chi connectivity index (χ0v) is 10.9. The molecule has 0 aromatic heterocycles.